The Morgan fingerprint density at radius 2 is 1.58 bits per heavy atom. The van der Waals surface area contributed by atoms with E-state index in [2.05, 4.69) is 0 Å². The van der Waals surface area contributed by atoms with Gasteiger partial charge in [0.05, 0.1) is 30.0 Å². The predicted octanol–water partition coefficient (Wildman–Crippen LogP) is 8.05. The Labute approximate surface area is 433 Å². The molecule has 15 nitrogen and oxygen atoms in total. The highest BCUT2D eigenvalue weighted by Gasteiger charge is 2.53. The number of nitrogens with zero attached hydrogens (tertiary/aromatic N) is 1. The van der Waals surface area contributed by atoms with Crippen molar-refractivity contribution in [1.82, 2.24) is 4.90 Å². The van der Waals surface area contributed by atoms with Crippen LogP contribution in [0.4, 0.5) is 0 Å². The van der Waals surface area contributed by atoms with Gasteiger partial charge in [0.25, 0.3) is 11.7 Å². The molecule has 1 aromatic rings. The molecule has 2 N–H and O–H groups in total. The number of cyclic esters (lactones) is 1. The molecular formula is C58H83NO14. The number of carbonyl (C=O) groups is 6. The van der Waals surface area contributed by atoms with E-state index in [1.165, 1.54) is 12.0 Å². The smallest absolute Gasteiger partial charge is 0.338 e. The van der Waals surface area contributed by atoms with Gasteiger partial charge in [-0.3, -0.25) is 19.2 Å². The zero-order valence-corrected chi connectivity index (χ0v) is 44.9. The zero-order valence-electron chi connectivity index (χ0n) is 44.9. The van der Waals surface area contributed by atoms with Gasteiger partial charge in [-0.1, -0.05) is 89.3 Å². The number of hydrogen-bond donors (Lipinski definition) is 2. The summed E-state index contributed by atoms with van der Waals surface area (Å²) < 4.78 is 35.8. The minimum absolute atomic E-state index is 0.00805. The number of methoxy groups -OCH3 is 3. The van der Waals surface area contributed by atoms with Crippen molar-refractivity contribution in [2.75, 3.05) is 27.9 Å². The van der Waals surface area contributed by atoms with Crippen molar-refractivity contribution in [3.8, 4) is 0 Å². The summed E-state index contributed by atoms with van der Waals surface area (Å²) in [7, 11) is 4.53. The van der Waals surface area contributed by atoms with E-state index in [1.807, 2.05) is 64.1 Å². The minimum atomic E-state index is -2.45. The van der Waals surface area contributed by atoms with Crippen molar-refractivity contribution in [2.24, 2.45) is 35.5 Å². The van der Waals surface area contributed by atoms with E-state index in [9.17, 15) is 39.0 Å². The van der Waals surface area contributed by atoms with E-state index in [-0.39, 0.29) is 42.8 Å². The number of hydrogen-bond acceptors (Lipinski definition) is 14. The first-order chi connectivity index (χ1) is 34.7. The molecule has 1 aromatic carbocycles. The molecule has 0 radical (unpaired) electrons. The molecule has 1 saturated carbocycles. The number of Topliss-reactive ketones (excluding diaryl/α,β-unsaturated/α-hetero) is 3. The lowest BCUT2D eigenvalue weighted by atomic mass is 9.78. The van der Waals surface area contributed by atoms with E-state index < -0.39 is 102 Å². The van der Waals surface area contributed by atoms with Crippen LogP contribution in [0.5, 0.6) is 0 Å². The summed E-state index contributed by atoms with van der Waals surface area (Å²) in [6.45, 7) is 12.7. The Morgan fingerprint density at radius 1 is 0.849 bits per heavy atom. The third-order valence-corrected chi connectivity index (χ3v) is 15.7. The Hall–Kier alpha value is -4.64. The van der Waals surface area contributed by atoms with Crippen LogP contribution in [-0.2, 0) is 52.4 Å². The van der Waals surface area contributed by atoms with Crippen LogP contribution in [0.2, 0.25) is 0 Å². The summed E-state index contributed by atoms with van der Waals surface area (Å²) in [4.78, 5) is 85.5. The fourth-order valence-electron chi connectivity index (χ4n) is 11.0. The number of rotatable bonds is 8. The number of allylic oxidation sites excluding steroid dienone is 6. The average molecular weight is 1020 g/mol. The lowest BCUT2D eigenvalue weighted by Gasteiger charge is -2.42. The zero-order chi connectivity index (χ0) is 53.6. The maximum Gasteiger partial charge on any atom is 0.338 e. The molecule has 0 aromatic heterocycles. The first-order valence-corrected chi connectivity index (χ1v) is 26.5. The minimum Gasteiger partial charge on any atom is -0.460 e. The van der Waals surface area contributed by atoms with Crippen molar-refractivity contribution in [2.45, 2.75) is 180 Å². The van der Waals surface area contributed by atoms with Crippen LogP contribution in [0.3, 0.4) is 0 Å². The highest BCUT2D eigenvalue weighted by atomic mass is 16.6. The number of amides is 1. The van der Waals surface area contributed by atoms with E-state index in [0.717, 1.165) is 5.57 Å². The van der Waals surface area contributed by atoms with Crippen LogP contribution in [0.25, 0.3) is 0 Å². The monoisotopic (exact) mass is 1020 g/mol. The van der Waals surface area contributed by atoms with Crippen molar-refractivity contribution >= 4 is 35.2 Å². The summed E-state index contributed by atoms with van der Waals surface area (Å²) in [6, 6.07) is 7.59. The van der Waals surface area contributed by atoms with Crippen molar-refractivity contribution in [1.29, 1.82) is 0 Å². The Bertz CT molecular complexity index is 2170. The van der Waals surface area contributed by atoms with Gasteiger partial charge in [0.2, 0.25) is 5.79 Å². The number of esters is 2. The number of benzene rings is 1. The van der Waals surface area contributed by atoms with Gasteiger partial charge in [0, 0.05) is 58.5 Å². The maximum atomic E-state index is 14.6. The highest BCUT2D eigenvalue weighted by molar-refractivity contribution is 6.39. The maximum absolute atomic E-state index is 14.6. The summed E-state index contributed by atoms with van der Waals surface area (Å²) in [6.07, 6.45) is 10.8. The Morgan fingerprint density at radius 3 is 2.26 bits per heavy atom. The molecule has 5 rings (SSSR count). The Balaban J connectivity index is 1.45. The molecule has 1 amide bonds. The second-order valence-corrected chi connectivity index (χ2v) is 21.3. The van der Waals surface area contributed by atoms with Crippen LogP contribution in [0.1, 0.15) is 136 Å². The molecule has 2 bridgehead atoms. The number of ether oxygens (including phenoxy) is 6. The SMILES string of the molecule is CO[C@H]1C[C@@H]2CC[C@@H](C)[C@@](O)(O2)C(=O)C(=O)N2CCCC[C@H]2C(=O)O[C@H]([C@H](C)C[C@@H]2CC[C@@H](OC(=O)c3ccccc3)[C@H](OC)C2)CC(=O)C(C)=CC(C)[C@@H](O)[C@@H](OC)C(=O)[C@H](C)C[C@H](C)C=CC=CC=C1C. The average Bonchev–Trinajstić information content (AvgIpc) is 3.38. The van der Waals surface area contributed by atoms with Gasteiger partial charge >= 0.3 is 11.9 Å². The van der Waals surface area contributed by atoms with Gasteiger partial charge in [-0.05, 0) is 119 Å². The number of aliphatic hydroxyl groups is 2. The molecule has 3 aliphatic heterocycles. The number of fused-ring (bicyclic) bond motifs is 3. The van der Waals surface area contributed by atoms with E-state index in [0.29, 0.717) is 75.3 Å². The van der Waals surface area contributed by atoms with Crippen molar-refractivity contribution in [3.05, 3.63) is 83.5 Å². The second-order valence-electron chi connectivity index (χ2n) is 21.3. The van der Waals surface area contributed by atoms with Crippen LogP contribution in [0.15, 0.2) is 77.9 Å². The summed E-state index contributed by atoms with van der Waals surface area (Å²) in [5, 5.41) is 23.6. The molecule has 2 saturated heterocycles. The van der Waals surface area contributed by atoms with E-state index in [4.69, 9.17) is 28.4 Å². The predicted molar refractivity (Wildman–Crippen MR) is 275 cm³/mol. The van der Waals surface area contributed by atoms with Gasteiger partial charge in [0.1, 0.15) is 24.4 Å². The lowest BCUT2D eigenvalue weighted by molar-refractivity contribution is -0.265. The van der Waals surface area contributed by atoms with Crippen molar-refractivity contribution < 1.29 is 67.4 Å². The summed E-state index contributed by atoms with van der Waals surface area (Å²) in [5.41, 5.74) is 1.61. The molecular weight excluding hydrogens is 935 g/mol. The summed E-state index contributed by atoms with van der Waals surface area (Å²) >= 11 is 0. The largest absolute Gasteiger partial charge is 0.460 e. The van der Waals surface area contributed by atoms with Gasteiger partial charge in [-0.2, -0.15) is 0 Å². The molecule has 73 heavy (non-hydrogen) atoms. The third kappa shape index (κ3) is 15.7. The molecule has 15 heteroatoms. The molecule has 1 unspecified atom stereocenters. The fourth-order valence-corrected chi connectivity index (χ4v) is 11.0. The van der Waals surface area contributed by atoms with Gasteiger partial charge in [0.15, 0.2) is 11.6 Å². The van der Waals surface area contributed by atoms with Crippen molar-refractivity contribution in [3.63, 3.8) is 0 Å². The topological polar surface area (TPSA) is 201 Å². The Kier molecular flexibility index (Phi) is 22.5. The lowest BCUT2D eigenvalue weighted by Crippen LogP contribution is -2.61. The first-order valence-electron chi connectivity index (χ1n) is 26.5. The third-order valence-electron chi connectivity index (χ3n) is 15.7. The van der Waals surface area contributed by atoms with Gasteiger partial charge in [-0.25, -0.2) is 9.59 Å². The van der Waals surface area contributed by atoms with Crippen LogP contribution < -0.4 is 0 Å². The van der Waals surface area contributed by atoms with Crippen LogP contribution >= 0.6 is 0 Å². The van der Waals surface area contributed by atoms with Crippen LogP contribution in [0, 0.1) is 35.5 Å². The highest BCUT2D eigenvalue weighted by Crippen LogP contribution is 2.38. The number of ketones is 3. The summed E-state index contributed by atoms with van der Waals surface area (Å²) in [5.74, 6) is -8.68. The molecule has 3 heterocycles. The second kappa shape index (κ2) is 27.8. The molecule has 3 fully saturated rings. The molecule has 15 atom stereocenters. The van der Waals surface area contributed by atoms with Crippen LogP contribution in [-0.4, -0.2) is 133 Å². The molecule has 1 aliphatic carbocycles. The van der Waals surface area contributed by atoms with E-state index in [1.54, 1.807) is 65.3 Å². The number of carbonyl (C=O) groups excluding carboxylic acids is 6. The standard InChI is InChI=1S/C58H83NO14/c1-35-19-13-11-14-20-36(2)48(68-8)33-44-26-24-41(7)58(67,73-44)54(63)55(64)59-28-18-17-23-45(59)57(66)72-49(34-46(60)37(3)30-40(6)52(62)53(70-10)51(61)39(5)29-35)38(4)31-42-25-27-47(50(32-42)69-9)71-56(65)43-21-15-12-16-22-43/h11-16,19-22,30,35,38-42,44-45,47-50,52-53,62,67H,17-18,23-29,31-34H2,1-10H3/t35-,38-,39-,40?,41-,42+,44+,45+,47-,48+,49+,50-,52-,53+,58-/m1/s1. The number of piperidine rings is 1. The van der Waals surface area contributed by atoms with Gasteiger partial charge < -0.3 is 43.5 Å². The van der Waals surface area contributed by atoms with Gasteiger partial charge in [-0.15, -0.1) is 0 Å². The number of aliphatic hydroxyl groups excluding tert-OH is 1. The molecule has 0 spiro atoms. The normalized spacial score (nSPS) is 34.8. The molecule has 404 valence electrons. The molecule has 4 aliphatic rings. The fraction of sp³-hybridized carbons (Fsp3) is 0.655. The quantitative estimate of drug-likeness (QED) is 0.187. The van der Waals surface area contributed by atoms with E-state index >= 15 is 0 Å². The first kappa shape index (κ1) is 59.2.